The number of hydrogen-bond acceptors (Lipinski definition) is 5. The van der Waals surface area contributed by atoms with Crippen LogP contribution in [0.15, 0.2) is 29.2 Å². The second-order valence-electron chi connectivity index (χ2n) is 10.9. The Morgan fingerprint density at radius 2 is 1.86 bits per heavy atom. The summed E-state index contributed by atoms with van der Waals surface area (Å²) in [6.45, 7) is 7.42. The molecule has 8 nitrogen and oxygen atoms in total. The number of rotatable bonds is 7. The summed E-state index contributed by atoms with van der Waals surface area (Å²) in [5.41, 5.74) is -1.73. The van der Waals surface area contributed by atoms with Gasteiger partial charge < -0.3 is 10.1 Å². The molecule has 1 saturated heterocycles. The van der Waals surface area contributed by atoms with Gasteiger partial charge in [-0.2, -0.15) is 17.5 Å². The number of halogens is 3. The molecule has 1 heterocycles. The second-order valence-corrected chi connectivity index (χ2v) is 12.8. The van der Waals surface area contributed by atoms with Crippen LogP contribution >= 0.6 is 0 Å². The normalized spacial score (nSPS) is 23.4. The molecule has 2 amide bonds. The van der Waals surface area contributed by atoms with Gasteiger partial charge in [0.15, 0.2) is 0 Å². The molecule has 4 atom stereocenters. The van der Waals surface area contributed by atoms with Gasteiger partial charge in [-0.15, -0.1) is 0 Å². The molecule has 2 aliphatic rings. The third kappa shape index (κ3) is 6.76. The van der Waals surface area contributed by atoms with Gasteiger partial charge in [0.1, 0.15) is 11.6 Å². The number of hydrogen-bond donors (Lipinski definition) is 1. The van der Waals surface area contributed by atoms with E-state index in [0.29, 0.717) is 31.7 Å². The first-order valence-corrected chi connectivity index (χ1v) is 13.9. The van der Waals surface area contributed by atoms with Crippen LogP contribution in [-0.4, -0.2) is 67.4 Å². The predicted molar refractivity (Wildman–Crippen MR) is 131 cm³/mol. The Hall–Kier alpha value is -2.34. The molecule has 1 aliphatic carbocycles. The maximum atomic E-state index is 13.2. The third-order valence-corrected chi connectivity index (χ3v) is 8.79. The molecule has 12 heteroatoms. The van der Waals surface area contributed by atoms with E-state index in [2.05, 4.69) is 5.32 Å². The number of sulfonamides is 1. The van der Waals surface area contributed by atoms with Crippen molar-refractivity contribution < 1.29 is 35.9 Å². The second kappa shape index (κ2) is 10.8. The van der Waals surface area contributed by atoms with Gasteiger partial charge in [-0.1, -0.05) is 19.4 Å². The van der Waals surface area contributed by atoms with Crippen molar-refractivity contribution in [3.8, 4) is 0 Å². The smallest absolute Gasteiger partial charge is 0.416 e. The molecule has 1 N–H and O–H groups in total. The van der Waals surface area contributed by atoms with Crippen molar-refractivity contribution in [1.29, 1.82) is 0 Å². The molecule has 3 rings (SSSR count). The van der Waals surface area contributed by atoms with Crippen LogP contribution in [0.3, 0.4) is 0 Å². The summed E-state index contributed by atoms with van der Waals surface area (Å²) in [6.07, 6.45) is -2.82. The lowest BCUT2D eigenvalue weighted by molar-refractivity contribution is -0.137. The molecule has 1 aromatic carbocycles. The van der Waals surface area contributed by atoms with Crippen LogP contribution in [0.1, 0.15) is 58.9 Å². The van der Waals surface area contributed by atoms with Crippen LogP contribution < -0.4 is 5.32 Å². The highest BCUT2D eigenvalue weighted by molar-refractivity contribution is 7.89. The maximum absolute atomic E-state index is 13.2. The number of fused-ring (bicyclic) bond motifs is 1. The van der Waals surface area contributed by atoms with Crippen LogP contribution in [0.4, 0.5) is 18.0 Å². The van der Waals surface area contributed by atoms with E-state index < -0.39 is 44.4 Å². The van der Waals surface area contributed by atoms with E-state index in [1.807, 2.05) is 6.92 Å². The van der Waals surface area contributed by atoms with E-state index in [4.69, 9.17) is 4.74 Å². The number of benzene rings is 1. The fourth-order valence-corrected chi connectivity index (χ4v) is 6.68. The van der Waals surface area contributed by atoms with E-state index in [0.717, 1.165) is 12.1 Å². The Labute approximate surface area is 216 Å². The molecule has 2 fully saturated rings. The quantitative estimate of drug-likeness (QED) is 0.551. The van der Waals surface area contributed by atoms with Gasteiger partial charge in [-0.05, 0) is 70.1 Å². The Morgan fingerprint density at radius 3 is 2.46 bits per heavy atom. The molecule has 1 unspecified atom stereocenters. The Morgan fingerprint density at radius 1 is 1.19 bits per heavy atom. The number of carbonyl (C=O) groups is 2. The number of amides is 2. The lowest BCUT2D eigenvalue weighted by Crippen LogP contribution is -2.52. The van der Waals surface area contributed by atoms with E-state index in [1.54, 1.807) is 20.8 Å². The summed E-state index contributed by atoms with van der Waals surface area (Å²) in [5, 5.41) is 3.02. The molecule has 1 saturated carbocycles. The fourth-order valence-electron chi connectivity index (χ4n) is 5.10. The van der Waals surface area contributed by atoms with Gasteiger partial charge in [-0.3, -0.25) is 9.69 Å². The molecular formula is C25H36F3N3O5S. The zero-order valence-electron chi connectivity index (χ0n) is 21.8. The molecule has 37 heavy (non-hydrogen) atoms. The summed E-state index contributed by atoms with van der Waals surface area (Å²) in [4.78, 5) is 26.7. The number of alkyl halides is 3. The molecule has 0 spiro atoms. The standard InChI is InChI=1S/C25H36F3N3O5S/c1-6-8-21(30(5)23(33)36-24(2,3)4)22(32)29-20-12-11-16-14-31(15-19(16)20)37(34,35)18-10-7-9-17(13-18)25(26,27)28/h7,9-10,13,16,19-21H,6,8,11-12,14-15H2,1-5H3,(H,29,32)/t16-,19+,20+,21?/m1/s1. The third-order valence-electron chi connectivity index (χ3n) is 6.96. The van der Waals surface area contributed by atoms with Crippen LogP contribution in [0.25, 0.3) is 0 Å². The highest BCUT2D eigenvalue weighted by atomic mass is 32.2. The van der Waals surface area contributed by atoms with Gasteiger partial charge in [0.05, 0.1) is 10.5 Å². The van der Waals surface area contributed by atoms with Gasteiger partial charge in [0.25, 0.3) is 0 Å². The monoisotopic (exact) mass is 547 g/mol. The Balaban J connectivity index is 1.71. The molecular weight excluding hydrogens is 511 g/mol. The lowest BCUT2D eigenvalue weighted by atomic mass is 9.97. The molecule has 0 radical (unpaired) electrons. The van der Waals surface area contributed by atoms with Gasteiger partial charge >= 0.3 is 12.3 Å². The topological polar surface area (TPSA) is 96.0 Å². The minimum atomic E-state index is -4.65. The van der Waals surface area contributed by atoms with Crippen LogP contribution in [-0.2, 0) is 25.7 Å². The maximum Gasteiger partial charge on any atom is 0.416 e. The van der Waals surface area contributed by atoms with E-state index in [9.17, 15) is 31.2 Å². The van der Waals surface area contributed by atoms with Crippen LogP contribution in [0.5, 0.6) is 0 Å². The van der Waals surface area contributed by atoms with E-state index in [-0.39, 0.29) is 36.9 Å². The summed E-state index contributed by atoms with van der Waals surface area (Å²) >= 11 is 0. The first-order chi connectivity index (χ1) is 17.0. The van der Waals surface area contributed by atoms with Crippen molar-refractivity contribution in [2.45, 2.75) is 82.1 Å². The van der Waals surface area contributed by atoms with E-state index >= 15 is 0 Å². The summed E-state index contributed by atoms with van der Waals surface area (Å²) < 4.78 is 72.3. The van der Waals surface area contributed by atoms with Crippen molar-refractivity contribution >= 4 is 22.0 Å². The molecule has 208 valence electrons. The predicted octanol–water partition coefficient (Wildman–Crippen LogP) is 4.26. The molecule has 0 bridgehead atoms. The van der Waals surface area contributed by atoms with Crippen molar-refractivity contribution in [2.75, 3.05) is 20.1 Å². The average molecular weight is 548 g/mol. The number of likely N-dealkylation sites (N-methyl/N-ethyl adjacent to an activating group) is 1. The van der Waals surface area contributed by atoms with Crippen molar-refractivity contribution in [1.82, 2.24) is 14.5 Å². The first kappa shape index (κ1) is 29.2. The van der Waals surface area contributed by atoms with Crippen LogP contribution in [0.2, 0.25) is 0 Å². The molecule has 1 aliphatic heterocycles. The van der Waals surface area contributed by atoms with Crippen molar-refractivity contribution in [3.63, 3.8) is 0 Å². The Bertz CT molecular complexity index is 1100. The fraction of sp³-hybridized carbons (Fsp3) is 0.680. The summed E-state index contributed by atoms with van der Waals surface area (Å²) in [5.74, 6) is -0.516. The van der Waals surface area contributed by atoms with Crippen molar-refractivity contribution in [3.05, 3.63) is 29.8 Å². The van der Waals surface area contributed by atoms with E-state index in [1.165, 1.54) is 22.3 Å². The molecule has 0 aromatic heterocycles. The van der Waals surface area contributed by atoms with Gasteiger partial charge in [0.2, 0.25) is 15.9 Å². The first-order valence-electron chi connectivity index (χ1n) is 12.5. The summed E-state index contributed by atoms with van der Waals surface area (Å²) in [7, 11) is -2.61. The number of carbonyl (C=O) groups excluding carboxylic acids is 2. The van der Waals surface area contributed by atoms with Crippen molar-refractivity contribution in [2.24, 2.45) is 11.8 Å². The molecule has 1 aromatic rings. The number of nitrogens with one attached hydrogen (secondary N) is 1. The minimum absolute atomic E-state index is 0.0147. The number of nitrogens with zero attached hydrogens (tertiary/aromatic N) is 2. The highest BCUT2D eigenvalue weighted by Gasteiger charge is 2.47. The minimum Gasteiger partial charge on any atom is -0.444 e. The van der Waals surface area contributed by atoms with Gasteiger partial charge in [-0.25, -0.2) is 13.2 Å². The summed E-state index contributed by atoms with van der Waals surface area (Å²) in [6, 6.07) is 2.70. The highest BCUT2D eigenvalue weighted by Crippen LogP contribution is 2.41. The SMILES string of the molecule is CCCC(C(=O)N[C@H]1CC[C@@H]2CN(S(=O)(=O)c3cccc(C(F)(F)F)c3)C[C@@H]21)N(C)C(=O)OC(C)(C)C. The largest absolute Gasteiger partial charge is 0.444 e. The Kier molecular flexibility index (Phi) is 8.53. The lowest BCUT2D eigenvalue weighted by Gasteiger charge is -2.31. The number of ether oxygens (including phenoxy) is 1. The zero-order chi connectivity index (χ0) is 27.8. The average Bonchev–Trinajstić information content (AvgIpc) is 3.38. The van der Waals surface area contributed by atoms with Crippen LogP contribution in [0, 0.1) is 11.8 Å². The van der Waals surface area contributed by atoms with Gasteiger partial charge in [0, 0.05) is 26.2 Å². The zero-order valence-corrected chi connectivity index (χ0v) is 22.7.